The largest absolute Gasteiger partial charge is 0.480 e. The van der Waals surface area contributed by atoms with E-state index < -0.39 is 17.9 Å². The minimum atomic E-state index is -1.04. The van der Waals surface area contributed by atoms with Crippen molar-refractivity contribution in [3.05, 3.63) is 82.9 Å². The molecule has 1 aliphatic heterocycles. The van der Waals surface area contributed by atoms with Crippen LogP contribution in [0.3, 0.4) is 0 Å². The van der Waals surface area contributed by atoms with Crippen LogP contribution in [0, 0.1) is 6.92 Å². The predicted octanol–water partition coefficient (Wildman–Crippen LogP) is 6.34. The van der Waals surface area contributed by atoms with Gasteiger partial charge in [-0.15, -0.1) is 0 Å². The van der Waals surface area contributed by atoms with Gasteiger partial charge in [0.05, 0.1) is 12.7 Å². The Morgan fingerprint density at radius 1 is 1.05 bits per heavy atom. The maximum absolute atomic E-state index is 13.4. The molecular formula is C31H35NO6S2. The summed E-state index contributed by atoms with van der Waals surface area (Å²) in [4.78, 5) is 25.1. The number of amides is 1. The normalized spacial score (nSPS) is 13.6. The molecule has 1 amide bonds. The lowest BCUT2D eigenvalue weighted by atomic mass is 9.93. The van der Waals surface area contributed by atoms with E-state index in [0.29, 0.717) is 24.3 Å². The first-order valence-corrected chi connectivity index (χ1v) is 15.8. The minimum Gasteiger partial charge on any atom is -0.480 e. The lowest BCUT2D eigenvalue weighted by Gasteiger charge is -2.20. The number of benzene rings is 3. The number of aliphatic carboxylic acids is 1. The van der Waals surface area contributed by atoms with Gasteiger partial charge in [0.25, 0.3) is 5.91 Å². The van der Waals surface area contributed by atoms with Crippen molar-refractivity contribution >= 4 is 35.4 Å². The quantitative estimate of drug-likeness (QED) is 0.228. The second-order valence-electron chi connectivity index (χ2n) is 9.41. The number of carbonyl (C=O) groups is 2. The number of nitrogens with one attached hydrogen (secondary N) is 1. The van der Waals surface area contributed by atoms with Crippen molar-refractivity contribution in [2.75, 3.05) is 30.3 Å². The third-order valence-corrected chi connectivity index (χ3v) is 8.26. The summed E-state index contributed by atoms with van der Waals surface area (Å²) in [5, 5.41) is 12.4. The fourth-order valence-corrected chi connectivity index (χ4v) is 5.69. The van der Waals surface area contributed by atoms with Crippen LogP contribution in [0.1, 0.15) is 46.5 Å². The highest BCUT2D eigenvalue weighted by atomic mass is 32.2. The molecule has 0 bridgehead atoms. The summed E-state index contributed by atoms with van der Waals surface area (Å²) in [6.45, 7) is 4.68. The van der Waals surface area contributed by atoms with Crippen LogP contribution in [0.25, 0.3) is 11.1 Å². The Balaban J connectivity index is 1.60. The molecule has 4 rings (SSSR count). The Bertz CT molecular complexity index is 1330. The van der Waals surface area contributed by atoms with E-state index in [2.05, 4.69) is 12.2 Å². The van der Waals surface area contributed by atoms with Crippen molar-refractivity contribution in [2.45, 2.75) is 39.0 Å². The average Bonchev–Trinajstić information content (AvgIpc) is 3.43. The molecule has 2 atom stereocenters. The van der Waals surface area contributed by atoms with E-state index in [4.69, 9.17) is 14.2 Å². The molecule has 0 unspecified atom stereocenters. The lowest BCUT2D eigenvalue weighted by Crippen LogP contribution is -2.41. The monoisotopic (exact) mass is 581 g/mol. The zero-order valence-corrected chi connectivity index (χ0v) is 24.6. The molecule has 1 heterocycles. The molecule has 0 aliphatic carbocycles. The first kappa shape index (κ1) is 29.8. The van der Waals surface area contributed by atoms with Crippen molar-refractivity contribution in [3.63, 3.8) is 0 Å². The highest BCUT2D eigenvalue weighted by Crippen LogP contribution is 2.36. The van der Waals surface area contributed by atoms with Crippen molar-refractivity contribution in [2.24, 2.45) is 0 Å². The van der Waals surface area contributed by atoms with E-state index in [9.17, 15) is 14.7 Å². The van der Waals surface area contributed by atoms with Gasteiger partial charge in [-0.05, 0) is 83.2 Å². The third kappa shape index (κ3) is 7.53. The van der Waals surface area contributed by atoms with Gasteiger partial charge >= 0.3 is 5.97 Å². The van der Waals surface area contributed by atoms with E-state index in [-0.39, 0.29) is 12.9 Å². The number of aryl methyl sites for hydroxylation is 1. The van der Waals surface area contributed by atoms with Crippen LogP contribution in [-0.4, -0.2) is 53.3 Å². The molecule has 9 heteroatoms. The number of carboxylic acids is 1. The van der Waals surface area contributed by atoms with Gasteiger partial charge < -0.3 is 24.6 Å². The Morgan fingerprint density at radius 3 is 2.60 bits per heavy atom. The summed E-state index contributed by atoms with van der Waals surface area (Å²) in [6.07, 6.45) is 2.11. The Labute approximate surface area is 244 Å². The maximum atomic E-state index is 13.4. The molecular weight excluding hydrogens is 546 g/mol. The van der Waals surface area contributed by atoms with E-state index in [1.54, 1.807) is 29.6 Å². The molecule has 0 aromatic heterocycles. The van der Waals surface area contributed by atoms with Gasteiger partial charge in [0.2, 0.25) is 6.79 Å². The summed E-state index contributed by atoms with van der Waals surface area (Å²) >= 11 is 3.35. The van der Waals surface area contributed by atoms with Crippen molar-refractivity contribution in [1.82, 2.24) is 5.32 Å². The predicted molar refractivity (Wildman–Crippen MR) is 162 cm³/mol. The number of carbonyl (C=O) groups excluding carboxylic acids is 1. The first-order chi connectivity index (χ1) is 19.4. The molecule has 0 saturated heterocycles. The van der Waals surface area contributed by atoms with Gasteiger partial charge in [0, 0.05) is 11.3 Å². The Hall–Kier alpha value is -3.14. The summed E-state index contributed by atoms with van der Waals surface area (Å²) in [5.74, 6) is 2.41. The number of fused-ring (bicyclic) bond motifs is 1. The molecule has 3 aromatic rings. The molecule has 1 aliphatic rings. The number of thioether (sulfide) groups is 2. The van der Waals surface area contributed by atoms with Crippen LogP contribution in [0.4, 0.5) is 0 Å². The zero-order chi connectivity index (χ0) is 28.5. The number of carboxylic acid groups (broad SMARTS) is 1. The molecule has 0 radical (unpaired) electrons. The summed E-state index contributed by atoms with van der Waals surface area (Å²) in [7, 11) is 0. The summed E-state index contributed by atoms with van der Waals surface area (Å²) < 4.78 is 17.5. The fourth-order valence-electron chi connectivity index (χ4n) is 4.48. The van der Waals surface area contributed by atoms with E-state index in [1.807, 2.05) is 67.8 Å². The van der Waals surface area contributed by atoms with Gasteiger partial charge in [0.1, 0.15) is 6.04 Å². The highest BCUT2D eigenvalue weighted by molar-refractivity contribution is 7.99. The molecule has 7 nitrogen and oxygen atoms in total. The number of hydrogen-bond acceptors (Lipinski definition) is 7. The van der Waals surface area contributed by atoms with Crippen LogP contribution in [0.2, 0.25) is 0 Å². The van der Waals surface area contributed by atoms with Crippen molar-refractivity contribution in [3.8, 4) is 22.6 Å². The van der Waals surface area contributed by atoms with Crippen LogP contribution >= 0.6 is 23.5 Å². The van der Waals surface area contributed by atoms with Gasteiger partial charge in [-0.3, -0.25) is 4.79 Å². The Morgan fingerprint density at radius 2 is 1.85 bits per heavy atom. The molecule has 0 spiro atoms. The molecule has 0 saturated carbocycles. The third-order valence-electron chi connectivity index (χ3n) is 6.67. The van der Waals surface area contributed by atoms with E-state index in [0.717, 1.165) is 50.8 Å². The number of ether oxygens (including phenoxy) is 3. The van der Waals surface area contributed by atoms with Gasteiger partial charge in [0.15, 0.2) is 11.5 Å². The fraction of sp³-hybridized carbons (Fsp3) is 0.355. The topological polar surface area (TPSA) is 94.1 Å². The molecule has 2 N–H and O–H groups in total. The smallest absolute Gasteiger partial charge is 0.326 e. The van der Waals surface area contributed by atoms with Crippen LogP contribution in [0.15, 0.2) is 60.7 Å². The maximum Gasteiger partial charge on any atom is 0.326 e. The average molecular weight is 582 g/mol. The molecule has 40 heavy (non-hydrogen) atoms. The van der Waals surface area contributed by atoms with Crippen LogP contribution in [0.5, 0.6) is 11.5 Å². The number of rotatable bonds is 14. The second kappa shape index (κ2) is 14.5. The second-order valence-corrected chi connectivity index (χ2v) is 11.7. The SMILES string of the molecule is CCSC[C@@H](OCc1ccc(C(=O)N[C@@H](CCSC)C(=O)O)c(-c2ccccc2C)c1)c1ccc2c(c1)OCO2. The molecule has 3 aromatic carbocycles. The summed E-state index contributed by atoms with van der Waals surface area (Å²) in [5.41, 5.74) is 5.05. The van der Waals surface area contributed by atoms with Crippen LogP contribution < -0.4 is 14.8 Å². The van der Waals surface area contributed by atoms with E-state index in [1.165, 1.54) is 0 Å². The van der Waals surface area contributed by atoms with Gasteiger partial charge in [-0.1, -0.05) is 43.3 Å². The molecule has 212 valence electrons. The van der Waals surface area contributed by atoms with Crippen molar-refractivity contribution in [1.29, 1.82) is 0 Å². The number of hydrogen-bond donors (Lipinski definition) is 2. The highest BCUT2D eigenvalue weighted by Gasteiger charge is 2.23. The first-order valence-electron chi connectivity index (χ1n) is 13.2. The lowest BCUT2D eigenvalue weighted by molar-refractivity contribution is -0.139. The van der Waals surface area contributed by atoms with Gasteiger partial charge in [-0.25, -0.2) is 4.79 Å². The zero-order valence-electron chi connectivity index (χ0n) is 23.0. The standard InChI is InChI=1S/C31H35NO6S2/c1-4-40-18-29(22-10-12-27-28(16-22)38-19-37-27)36-17-21-9-11-24(25(15-21)23-8-6-5-7-20(23)2)30(33)32-26(31(34)35)13-14-39-3/h5-12,15-16,26,29H,4,13-14,17-19H2,1-3H3,(H,32,33)(H,34,35)/t26-,29+/m0/s1. The Kier molecular flexibility index (Phi) is 10.8. The van der Waals surface area contributed by atoms with E-state index >= 15 is 0 Å². The summed E-state index contributed by atoms with van der Waals surface area (Å²) in [6, 6.07) is 18.4. The van der Waals surface area contributed by atoms with Gasteiger partial charge in [-0.2, -0.15) is 23.5 Å². The molecule has 0 fully saturated rings. The van der Waals surface area contributed by atoms with Crippen LogP contribution in [-0.2, 0) is 16.1 Å². The van der Waals surface area contributed by atoms with Crippen molar-refractivity contribution < 1.29 is 28.9 Å². The minimum absolute atomic E-state index is 0.155.